The van der Waals surface area contributed by atoms with Gasteiger partial charge in [-0.2, -0.15) is 0 Å². The Labute approximate surface area is 102 Å². The van der Waals surface area contributed by atoms with Gasteiger partial charge in [-0.25, -0.2) is 0 Å². The fraction of sp³-hybridized carbons (Fsp3) is 0.500. The highest BCUT2D eigenvalue weighted by Crippen LogP contribution is 2.04. The van der Waals surface area contributed by atoms with Crippen molar-refractivity contribution in [3.05, 3.63) is 29.6 Å². The highest BCUT2D eigenvalue weighted by molar-refractivity contribution is 5.94. The van der Waals surface area contributed by atoms with Crippen LogP contribution < -0.4 is 5.73 Å². The summed E-state index contributed by atoms with van der Waals surface area (Å²) in [5.41, 5.74) is 7.25. The second-order valence-corrected chi connectivity index (χ2v) is 4.09. The molecular formula is C12H19N3O2. The first-order chi connectivity index (χ1) is 8.04. The van der Waals surface area contributed by atoms with Crippen LogP contribution in [0.4, 0.5) is 0 Å². The van der Waals surface area contributed by atoms with Crippen LogP contribution in [0.3, 0.4) is 0 Å². The number of aromatic nitrogens is 1. The molecule has 5 heteroatoms. The number of hydrogen-bond acceptors (Lipinski definition) is 4. The minimum atomic E-state index is -0.170. The van der Waals surface area contributed by atoms with E-state index in [1.165, 1.54) is 0 Å². The SMILES string of the molecule is COCC(N)CN(C)C(=O)c1ccnc(C)c1. The van der Waals surface area contributed by atoms with Gasteiger partial charge in [0.25, 0.3) is 5.91 Å². The van der Waals surface area contributed by atoms with E-state index >= 15 is 0 Å². The lowest BCUT2D eigenvalue weighted by molar-refractivity contribution is 0.0764. The van der Waals surface area contributed by atoms with Crippen molar-refractivity contribution in [2.75, 3.05) is 27.3 Å². The number of aryl methyl sites for hydroxylation is 1. The highest BCUT2D eigenvalue weighted by Gasteiger charge is 2.14. The molecule has 2 N–H and O–H groups in total. The monoisotopic (exact) mass is 237 g/mol. The summed E-state index contributed by atoms with van der Waals surface area (Å²) in [7, 11) is 3.32. The summed E-state index contributed by atoms with van der Waals surface area (Å²) < 4.78 is 4.94. The van der Waals surface area contributed by atoms with Gasteiger partial charge in [0.2, 0.25) is 0 Å². The summed E-state index contributed by atoms with van der Waals surface area (Å²) in [6, 6.07) is 3.30. The summed E-state index contributed by atoms with van der Waals surface area (Å²) in [6.45, 7) is 2.76. The fourth-order valence-corrected chi connectivity index (χ4v) is 1.60. The summed E-state index contributed by atoms with van der Waals surface area (Å²) >= 11 is 0. The Hall–Kier alpha value is -1.46. The molecule has 5 nitrogen and oxygen atoms in total. The maximum atomic E-state index is 12.0. The maximum absolute atomic E-state index is 12.0. The number of amides is 1. The van der Waals surface area contributed by atoms with Gasteiger partial charge in [0.15, 0.2) is 0 Å². The van der Waals surface area contributed by atoms with Crippen molar-refractivity contribution >= 4 is 5.91 Å². The van der Waals surface area contributed by atoms with Gasteiger partial charge < -0.3 is 15.4 Å². The van der Waals surface area contributed by atoms with Gasteiger partial charge in [0, 0.05) is 44.2 Å². The topological polar surface area (TPSA) is 68.5 Å². The molecule has 0 spiro atoms. The molecule has 1 unspecified atom stereocenters. The molecule has 1 amide bonds. The molecule has 0 aromatic carbocycles. The Balaban J connectivity index is 2.63. The Morgan fingerprint density at radius 2 is 2.35 bits per heavy atom. The van der Waals surface area contributed by atoms with Gasteiger partial charge in [-0.15, -0.1) is 0 Å². The van der Waals surface area contributed by atoms with E-state index in [1.54, 1.807) is 37.4 Å². The van der Waals surface area contributed by atoms with Gasteiger partial charge in [0.1, 0.15) is 0 Å². The molecule has 0 aliphatic heterocycles. The van der Waals surface area contributed by atoms with Gasteiger partial charge >= 0.3 is 0 Å². The number of likely N-dealkylation sites (N-methyl/N-ethyl adjacent to an activating group) is 1. The van der Waals surface area contributed by atoms with E-state index in [0.29, 0.717) is 18.7 Å². The van der Waals surface area contributed by atoms with E-state index < -0.39 is 0 Å². The molecule has 0 saturated heterocycles. The maximum Gasteiger partial charge on any atom is 0.253 e. The number of nitrogens with zero attached hydrogens (tertiary/aromatic N) is 2. The van der Waals surface area contributed by atoms with E-state index in [2.05, 4.69) is 4.98 Å². The van der Waals surface area contributed by atoms with Crippen LogP contribution in [0.2, 0.25) is 0 Å². The molecule has 94 valence electrons. The predicted molar refractivity (Wildman–Crippen MR) is 65.8 cm³/mol. The third-order valence-electron chi connectivity index (χ3n) is 2.38. The van der Waals surface area contributed by atoms with E-state index in [9.17, 15) is 4.79 Å². The number of pyridine rings is 1. The molecule has 0 aliphatic rings. The van der Waals surface area contributed by atoms with Crippen LogP contribution >= 0.6 is 0 Å². The highest BCUT2D eigenvalue weighted by atomic mass is 16.5. The Bertz CT molecular complexity index is 382. The third kappa shape index (κ3) is 4.13. The summed E-state index contributed by atoms with van der Waals surface area (Å²) in [5.74, 6) is -0.0537. The van der Waals surface area contributed by atoms with Crippen LogP contribution in [-0.2, 0) is 4.74 Å². The number of methoxy groups -OCH3 is 1. The van der Waals surface area contributed by atoms with Crippen molar-refractivity contribution in [1.29, 1.82) is 0 Å². The first-order valence-corrected chi connectivity index (χ1v) is 5.47. The quantitative estimate of drug-likeness (QED) is 0.806. The number of carbonyl (C=O) groups is 1. The lowest BCUT2D eigenvalue weighted by Crippen LogP contribution is -2.41. The molecule has 0 saturated carbocycles. The number of ether oxygens (including phenoxy) is 1. The van der Waals surface area contributed by atoms with Crippen LogP contribution in [0.5, 0.6) is 0 Å². The van der Waals surface area contributed by atoms with Gasteiger partial charge in [-0.05, 0) is 19.1 Å². The molecule has 1 atom stereocenters. The molecule has 0 fully saturated rings. The van der Waals surface area contributed by atoms with Crippen molar-refractivity contribution in [2.45, 2.75) is 13.0 Å². The molecule has 1 rings (SSSR count). The Kier molecular flexibility index (Phi) is 5.06. The lowest BCUT2D eigenvalue weighted by Gasteiger charge is -2.21. The zero-order valence-corrected chi connectivity index (χ0v) is 10.5. The molecule has 0 radical (unpaired) electrons. The standard InChI is InChI=1S/C12H19N3O2/c1-9-6-10(4-5-14-9)12(16)15(2)7-11(13)8-17-3/h4-6,11H,7-8,13H2,1-3H3. The van der Waals surface area contributed by atoms with Crippen molar-refractivity contribution < 1.29 is 9.53 Å². The first kappa shape index (κ1) is 13.6. The number of nitrogens with two attached hydrogens (primary N) is 1. The second-order valence-electron chi connectivity index (χ2n) is 4.09. The largest absolute Gasteiger partial charge is 0.383 e. The minimum absolute atomic E-state index is 0.0537. The van der Waals surface area contributed by atoms with Gasteiger partial charge in [-0.1, -0.05) is 0 Å². The number of carbonyl (C=O) groups excluding carboxylic acids is 1. The lowest BCUT2D eigenvalue weighted by atomic mass is 10.2. The average Bonchev–Trinajstić information content (AvgIpc) is 2.28. The average molecular weight is 237 g/mol. The predicted octanol–water partition coefficient (Wildman–Crippen LogP) is 0.436. The van der Waals surface area contributed by atoms with Crippen molar-refractivity contribution in [3.8, 4) is 0 Å². The zero-order valence-electron chi connectivity index (χ0n) is 10.5. The fourth-order valence-electron chi connectivity index (χ4n) is 1.60. The van der Waals surface area contributed by atoms with Crippen LogP contribution in [-0.4, -0.2) is 49.1 Å². The molecule has 17 heavy (non-hydrogen) atoms. The van der Waals surface area contributed by atoms with Crippen molar-refractivity contribution in [3.63, 3.8) is 0 Å². The zero-order chi connectivity index (χ0) is 12.8. The number of hydrogen-bond donors (Lipinski definition) is 1. The summed E-state index contributed by atoms with van der Waals surface area (Å²) in [4.78, 5) is 17.7. The van der Waals surface area contributed by atoms with Crippen LogP contribution in [0.25, 0.3) is 0 Å². The van der Waals surface area contributed by atoms with Crippen LogP contribution in [0.1, 0.15) is 16.1 Å². The van der Waals surface area contributed by atoms with E-state index in [-0.39, 0.29) is 11.9 Å². The molecule has 1 aromatic heterocycles. The molecule has 1 heterocycles. The summed E-state index contributed by atoms with van der Waals surface area (Å²) in [5, 5.41) is 0. The van der Waals surface area contributed by atoms with Crippen molar-refractivity contribution in [2.24, 2.45) is 5.73 Å². The minimum Gasteiger partial charge on any atom is -0.383 e. The summed E-state index contributed by atoms with van der Waals surface area (Å²) in [6.07, 6.45) is 1.63. The van der Waals surface area contributed by atoms with E-state index in [0.717, 1.165) is 5.69 Å². The molecular weight excluding hydrogens is 218 g/mol. The van der Waals surface area contributed by atoms with Gasteiger partial charge in [0.05, 0.1) is 6.61 Å². The number of rotatable bonds is 5. The smallest absolute Gasteiger partial charge is 0.253 e. The normalized spacial score (nSPS) is 12.2. The molecule has 0 bridgehead atoms. The van der Waals surface area contributed by atoms with E-state index in [4.69, 9.17) is 10.5 Å². The first-order valence-electron chi connectivity index (χ1n) is 5.47. The van der Waals surface area contributed by atoms with Gasteiger partial charge in [-0.3, -0.25) is 9.78 Å². The van der Waals surface area contributed by atoms with Crippen LogP contribution in [0, 0.1) is 6.92 Å². The van der Waals surface area contributed by atoms with Crippen LogP contribution in [0.15, 0.2) is 18.3 Å². The Morgan fingerprint density at radius 3 is 2.94 bits per heavy atom. The third-order valence-corrected chi connectivity index (χ3v) is 2.38. The van der Waals surface area contributed by atoms with E-state index in [1.807, 2.05) is 6.92 Å². The molecule has 1 aromatic rings. The molecule has 0 aliphatic carbocycles. The Morgan fingerprint density at radius 1 is 1.65 bits per heavy atom. The van der Waals surface area contributed by atoms with Crippen molar-refractivity contribution in [1.82, 2.24) is 9.88 Å². The second kappa shape index (κ2) is 6.32.